The van der Waals surface area contributed by atoms with Crippen molar-refractivity contribution in [2.24, 2.45) is 5.92 Å². The van der Waals surface area contributed by atoms with Crippen molar-refractivity contribution in [1.29, 1.82) is 0 Å². The third-order valence-corrected chi connectivity index (χ3v) is 11.7. The van der Waals surface area contributed by atoms with E-state index >= 15 is 0 Å². The van der Waals surface area contributed by atoms with E-state index in [2.05, 4.69) is 97.1 Å². The molecule has 7 nitrogen and oxygen atoms in total. The Morgan fingerprint density at radius 1 is 0.439 bits per heavy atom. The molecule has 10 rings (SSSR count). The van der Waals surface area contributed by atoms with Crippen LogP contribution in [0.15, 0.2) is 109 Å². The van der Waals surface area contributed by atoms with Crippen LogP contribution in [-0.4, -0.2) is 51.7 Å². The van der Waals surface area contributed by atoms with Gasteiger partial charge in [-0.3, -0.25) is 0 Å². The first-order valence-corrected chi connectivity index (χ1v) is 20.8. The molecule has 0 N–H and O–H groups in total. The van der Waals surface area contributed by atoms with Gasteiger partial charge in [0.25, 0.3) is 0 Å². The van der Waals surface area contributed by atoms with Crippen LogP contribution in [0.3, 0.4) is 0 Å². The van der Waals surface area contributed by atoms with Gasteiger partial charge in [0, 0.05) is 12.8 Å². The van der Waals surface area contributed by atoms with Gasteiger partial charge in [-0.2, -0.15) is 0 Å². The largest absolute Gasteiger partial charge is 0.457 e. The molecule has 4 aliphatic rings. The molecule has 1 saturated carbocycles. The van der Waals surface area contributed by atoms with Crippen LogP contribution in [0.25, 0.3) is 21.5 Å². The van der Waals surface area contributed by atoms with Gasteiger partial charge in [-0.15, -0.1) is 0 Å². The van der Waals surface area contributed by atoms with Crippen LogP contribution in [0.1, 0.15) is 59.1 Å². The lowest BCUT2D eigenvalue weighted by Gasteiger charge is -2.16. The molecular weight excluding hydrogens is 713 g/mol. The maximum Gasteiger partial charge on any atom is 0.230 e. The van der Waals surface area contributed by atoms with Gasteiger partial charge in [-0.25, -0.2) is 0 Å². The third kappa shape index (κ3) is 9.90. The summed E-state index contributed by atoms with van der Waals surface area (Å²) in [5.41, 5.74) is 7.43. The Kier molecular flexibility index (Phi) is 10.4. The predicted octanol–water partition coefficient (Wildman–Crippen LogP) is 9.97. The van der Waals surface area contributed by atoms with Gasteiger partial charge >= 0.3 is 0 Å². The molecule has 3 atom stereocenters. The van der Waals surface area contributed by atoms with E-state index in [1.54, 1.807) is 0 Å². The van der Waals surface area contributed by atoms with Crippen molar-refractivity contribution in [3.05, 3.63) is 143 Å². The molecule has 7 heteroatoms. The van der Waals surface area contributed by atoms with E-state index < -0.39 is 0 Å². The summed E-state index contributed by atoms with van der Waals surface area (Å²) in [5, 5.41) is 4.81. The summed E-state index contributed by atoms with van der Waals surface area (Å²) in [6.45, 7) is 2.74. The number of fused-ring (bicyclic) bond motifs is 2. The van der Waals surface area contributed by atoms with Crippen LogP contribution >= 0.6 is 0 Å². The molecule has 0 bridgehead atoms. The Hall–Kier alpha value is -5.08. The topological polar surface area (TPSA) is 74.5 Å². The summed E-state index contributed by atoms with van der Waals surface area (Å²) < 4.78 is 41.4. The summed E-state index contributed by atoms with van der Waals surface area (Å²) in [5.74, 6) is 4.21. The highest BCUT2D eigenvalue weighted by Gasteiger charge is 2.26. The highest BCUT2D eigenvalue weighted by atomic mass is 16.7. The average Bonchev–Trinajstić information content (AvgIpc) is 4.02. The first-order chi connectivity index (χ1) is 28.1. The van der Waals surface area contributed by atoms with E-state index in [1.807, 2.05) is 12.1 Å². The summed E-state index contributed by atoms with van der Waals surface area (Å²) in [7, 11) is 0. The Labute approximate surface area is 334 Å². The quantitative estimate of drug-likeness (QED) is 0.0566. The van der Waals surface area contributed by atoms with E-state index in [1.165, 1.54) is 63.1 Å². The zero-order chi connectivity index (χ0) is 38.0. The normalized spacial score (nSPS) is 19.4. The van der Waals surface area contributed by atoms with E-state index in [-0.39, 0.29) is 25.8 Å². The van der Waals surface area contributed by atoms with Crippen molar-refractivity contribution in [1.82, 2.24) is 0 Å². The first kappa shape index (κ1) is 36.3. The van der Waals surface area contributed by atoms with Crippen molar-refractivity contribution in [2.45, 2.75) is 76.1 Å². The lowest BCUT2D eigenvalue weighted by atomic mass is 9.97. The average molecular weight is 763 g/mol. The van der Waals surface area contributed by atoms with Crippen LogP contribution in [0.2, 0.25) is 0 Å². The molecule has 292 valence electrons. The fourth-order valence-electron chi connectivity index (χ4n) is 7.89. The lowest BCUT2D eigenvalue weighted by Crippen LogP contribution is -2.09. The van der Waals surface area contributed by atoms with Crippen LogP contribution in [0.5, 0.6) is 23.0 Å². The van der Waals surface area contributed by atoms with Gasteiger partial charge in [0.2, 0.25) is 13.6 Å². The molecule has 1 aliphatic carbocycles. The SMILES string of the molecule is c1cc2ccc(OCOc3ccc(Cc4ccc(OCOc5ccc6ccc(CCC7CO7)cc6c5)c(CC5CO5)c4)cc3CC3CO3)cc2cc1CCC1CC1. The maximum atomic E-state index is 6.26. The van der Waals surface area contributed by atoms with Crippen molar-refractivity contribution in [2.75, 3.05) is 33.4 Å². The van der Waals surface area contributed by atoms with Gasteiger partial charge in [-0.1, -0.05) is 85.6 Å². The molecule has 3 aliphatic heterocycles. The van der Waals surface area contributed by atoms with Crippen LogP contribution in [-0.2, 0) is 46.3 Å². The standard InChI is InChI=1S/C50H50O7/c1-2-33(1)3-4-34-5-10-38-12-15-44(24-40(38)20-34)54-31-56-49-17-8-36(22-42(49)26-47-29-52-47)19-37-9-18-50(43(23-37)27-48-30-53-48)57-32-55-45-16-13-39-11-6-35(21-41(39)25-45)7-14-46-28-51-46/h5-6,8-13,15-18,20-25,33,46-48H,1-4,7,14,19,26-32H2. The summed E-state index contributed by atoms with van der Waals surface area (Å²) in [6.07, 6.45) is 10.7. The predicted molar refractivity (Wildman–Crippen MR) is 222 cm³/mol. The van der Waals surface area contributed by atoms with Crippen molar-refractivity contribution in [3.8, 4) is 23.0 Å². The van der Waals surface area contributed by atoms with Gasteiger partial charge < -0.3 is 33.2 Å². The van der Waals surface area contributed by atoms with Crippen molar-refractivity contribution in [3.63, 3.8) is 0 Å². The number of aryl methyl sites for hydroxylation is 2. The van der Waals surface area contributed by atoms with E-state index in [9.17, 15) is 0 Å². The summed E-state index contributed by atoms with van der Waals surface area (Å²) in [6, 6.07) is 38.9. The fourth-order valence-corrected chi connectivity index (χ4v) is 7.89. The molecule has 6 aromatic carbocycles. The van der Waals surface area contributed by atoms with Gasteiger partial charge in [0.05, 0.1) is 38.1 Å². The molecule has 0 amide bonds. The highest BCUT2D eigenvalue weighted by Crippen LogP contribution is 2.35. The van der Waals surface area contributed by atoms with E-state index in [4.69, 9.17) is 33.2 Å². The Balaban J connectivity index is 0.771. The molecule has 0 radical (unpaired) electrons. The van der Waals surface area contributed by atoms with E-state index in [0.717, 1.165) is 98.4 Å². The highest BCUT2D eigenvalue weighted by molar-refractivity contribution is 5.85. The number of rotatable bonds is 20. The maximum absolute atomic E-state index is 6.26. The summed E-state index contributed by atoms with van der Waals surface area (Å²) in [4.78, 5) is 0. The first-order valence-electron chi connectivity index (χ1n) is 20.8. The molecular formula is C50H50O7. The van der Waals surface area contributed by atoms with Crippen molar-refractivity contribution < 1.29 is 33.2 Å². The number of hydrogen-bond acceptors (Lipinski definition) is 7. The minimum Gasteiger partial charge on any atom is -0.457 e. The molecule has 3 unspecified atom stereocenters. The zero-order valence-electron chi connectivity index (χ0n) is 32.5. The number of ether oxygens (including phenoxy) is 7. The molecule has 3 heterocycles. The van der Waals surface area contributed by atoms with Crippen LogP contribution in [0.4, 0.5) is 0 Å². The molecule has 3 saturated heterocycles. The van der Waals surface area contributed by atoms with Crippen LogP contribution in [0, 0.1) is 5.92 Å². The van der Waals surface area contributed by atoms with Crippen LogP contribution < -0.4 is 18.9 Å². The minimum absolute atomic E-state index is 0.127. The van der Waals surface area contributed by atoms with E-state index in [0.29, 0.717) is 6.10 Å². The monoisotopic (exact) mass is 762 g/mol. The smallest absolute Gasteiger partial charge is 0.230 e. The number of epoxide rings is 3. The van der Waals surface area contributed by atoms with Crippen molar-refractivity contribution >= 4 is 21.5 Å². The second kappa shape index (κ2) is 16.4. The Morgan fingerprint density at radius 3 is 1.40 bits per heavy atom. The van der Waals surface area contributed by atoms with Gasteiger partial charge in [0.15, 0.2) is 0 Å². The lowest BCUT2D eigenvalue weighted by molar-refractivity contribution is 0.118. The number of hydrogen-bond donors (Lipinski definition) is 0. The second-order valence-corrected chi connectivity index (χ2v) is 16.4. The molecule has 0 spiro atoms. The number of benzene rings is 6. The molecule has 0 aromatic heterocycles. The second-order valence-electron chi connectivity index (χ2n) is 16.4. The molecule has 6 aromatic rings. The minimum atomic E-state index is 0.127. The van der Waals surface area contributed by atoms with Gasteiger partial charge in [-0.05, 0) is 129 Å². The fraction of sp³-hybridized carbons (Fsp3) is 0.360. The zero-order valence-corrected chi connectivity index (χ0v) is 32.5. The Bertz CT molecular complexity index is 2190. The molecule has 57 heavy (non-hydrogen) atoms. The molecule has 4 fully saturated rings. The van der Waals surface area contributed by atoms with Gasteiger partial charge in [0.1, 0.15) is 23.0 Å². The summed E-state index contributed by atoms with van der Waals surface area (Å²) >= 11 is 0. The third-order valence-electron chi connectivity index (χ3n) is 11.7. The Morgan fingerprint density at radius 2 is 0.912 bits per heavy atom.